The van der Waals surface area contributed by atoms with Gasteiger partial charge in [0.1, 0.15) is 4.90 Å². The van der Waals surface area contributed by atoms with Crippen molar-refractivity contribution in [2.45, 2.75) is 30.2 Å². The largest absolute Gasteiger partial charge is 0.478 e. The summed E-state index contributed by atoms with van der Waals surface area (Å²) < 4.78 is 27.2. The third-order valence-electron chi connectivity index (χ3n) is 4.65. The number of hydrogen-bond acceptors (Lipinski definition) is 4. The van der Waals surface area contributed by atoms with Crippen LogP contribution in [0.25, 0.3) is 0 Å². The molecule has 0 aromatic heterocycles. The number of nitrogens with zero attached hydrogens (tertiary/aromatic N) is 2. The average Bonchev–Trinajstić information content (AvgIpc) is 3.18. The van der Waals surface area contributed by atoms with Gasteiger partial charge in [0.25, 0.3) is 0 Å². The van der Waals surface area contributed by atoms with E-state index in [1.807, 2.05) is 0 Å². The maximum Gasteiger partial charge on any atom is 0.337 e. The number of hydrogen-bond donors (Lipinski definition) is 1. The zero-order valence-electron chi connectivity index (χ0n) is 12.9. The molecule has 2 aliphatic rings. The van der Waals surface area contributed by atoms with Gasteiger partial charge in [-0.3, -0.25) is 4.90 Å². The topological polar surface area (TPSA) is 77.9 Å². The monoisotopic (exact) mass is 392 g/mol. The number of sulfonamides is 1. The molecule has 3 rings (SSSR count). The molecule has 1 atom stereocenters. The van der Waals surface area contributed by atoms with Crippen LogP contribution in [0.2, 0.25) is 10.0 Å². The van der Waals surface area contributed by atoms with Gasteiger partial charge < -0.3 is 5.11 Å². The molecule has 1 aromatic rings. The molecule has 6 nitrogen and oxygen atoms in total. The first-order valence-corrected chi connectivity index (χ1v) is 9.97. The summed E-state index contributed by atoms with van der Waals surface area (Å²) in [6.07, 6.45) is 3.07. The number of carboxylic acid groups (broad SMARTS) is 1. The molecule has 0 radical (unpaired) electrons. The Bertz CT molecular complexity index is 763. The zero-order chi connectivity index (χ0) is 17.5. The average molecular weight is 393 g/mol. The fraction of sp³-hybridized carbons (Fsp3) is 0.533. The van der Waals surface area contributed by atoms with Crippen molar-refractivity contribution in [3.8, 4) is 0 Å². The second-order valence-electron chi connectivity index (χ2n) is 6.12. The fourth-order valence-corrected chi connectivity index (χ4v) is 5.68. The van der Waals surface area contributed by atoms with E-state index in [0.717, 1.165) is 38.4 Å². The third-order valence-corrected chi connectivity index (χ3v) is 7.30. The Labute approximate surface area is 151 Å². The number of aromatic carboxylic acids is 1. The Balaban J connectivity index is 1.88. The van der Waals surface area contributed by atoms with Crippen LogP contribution in [0.15, 0.2) is 17.0 Å². The van der Waals surface area contributed by atoms with Crippen molar-refractivity contribution in [3.05, 3.63) is 27.7 Å². The first kappa shape index (κ1) is 17.9. The van der Waals surface area contributed by atoms with Gasteiger partial charge in [-0.2, -0.15) is 4.31 Å². The van der Waals surface area contributed by atoms with E-state index in [1.165, 1.54) is 10.4 Å². The molecule has 0 saturated carbocycles. The van der Waals surface area contributed by atoms with Crippen molar-refractivity contribution >= 4 is 39.2 Å². The SMILES string of the molecule is O=C(O)c1cc(S(=O)(=O)N2CC[C@@H](N3CCCC3)C2)c(Cl)cc1Cl. The number of halogens is 2. The van der Waals surface area contributed by atoms with Crippen LogP contribution in [0.3, 0.4) is 0 Å². The van der Waals surface area contributed by atoms with E-state index < -0.39 is 16.0 Å². The Morgan fingerprint density at radius 3 is 2.42 bits per heavy atom. The Kier molecular flexibility index (Phi) is 5.09. The quantitative estimate of drug-likeness (QED) is 0.851. The van der Waals surface area contributed by atoms with Gasteiger partial charge in [0.05, 0.1) is 15.6 Å². The minimum atomic E-state index is -3.85. The van der Waals surface area contributed by atoms with E-state index in [1.54, 1.807) is 0 Å². The summed E-state index contributed by atoms with van der Waals surface area (Å²) in [5.41, 5.74) is -0.269. The van der Waals surface area contributed by atoms with Gasteiger partial charge in [0.15, 0.2) is 0 Å². The van der Waals surface area contributed by atoms with Crippen LogP contribution in [0, 0.1) is 0 Å². The molecule has 2 saturated heterocycles. The highest BCUT2D eigenvalue weighted by Gasteiger charge is 2.37. The maximum atomic E-state index is 12.9. The molecule has 9 heteroatoms. The molecule has 2 aliphatic heterocycles. The van der Waals surface area contributed by atoms with Crippen LogP contribution in [0.4, 0.5) is 0 Å². The third kappa shape index (κ3) is 3.28. The van der Waals surface area contributed by atoms with Crippen molar-refractivity contribution in [3.63, 3.8) is 0 Å². The van der Waals surface area contributed by atoms with Crippen molar-refractivity contribution < 1.29 is 18.3 Å². The van der Waals surface area contributed by atoms with Crippen LogP contribution < -0.4 is 0 Å². The van der Waals surface area contributed by atoms with E-state index >= 15 is 0 Å². The fourth-order valence-electron chi connectivity index (χ4n) is 3.36. The van der Waals surface area contributed by atoms with Gasteiger partial charge >= 0.3 is 5.97 Å². The summed E-state index contributed by atoms with van der Waals surface area (Å²) in [4.78, 5) is 13.3. The second kappa shape index (κ2) is 6.80. The number of carbonyl (C=O) groups is 1. The van der Waals surface area contributed by atoms with Gasteiger partial charge in [0, 0.05) is 19.1 Å². The number of likely N-dealkylation sites (tertiary alicyclic amines) is 1. The van der Waals surface area contributed by atoms with Crippen LogP contribution in [-0.4, -0.2) is 60.9 Å². The zero-order valence-corrected chi connectivity index (χ0v) is 15.2. The van der Waals surface area contributed by atoms with Crippen molar-refractivity contribution in [1.82, 2.24) is 9.21 Å². The molecule has 1 N–H and O–H groups in total. The summed E-state index contributed by atoms with van der Waals surface area (Å²) in [6, 6.07) is 2.44. The minimum Gasteiger partial charge on any atom is -0.478 e. The molecular formula is C15H18Cl2N2O4S. The number of benzene rings is 1. The molecule has 2 heterocycles. The van der Waals surface area contributed by atoms with Crippen molar-refractivity contribution in [2.75, 3.05) is 26.2 Å². The van der Waals surface area contributed by atoms with E-state index in [4.69, 9.17) is 28.3 Å². The molecule has 132 valence electrons. The van der Waals surface area contributed by atoms with E-state index in [-0.39, 0.29) is 26.5 Å². The summed E-state index contributed by atoms with van der Waals surface area (Å²) in [7, 11) is -3.85. The van der Waals surface area contributed by atoms with Gasteiger partial charge in [-0.25, -0.2) is 13.2 Å². The summed E-state index contributed by atoms with van der Waals surface area (Å²) in [5, 5.41) is 9.01. The lowest BCUT2D eigenvalue weighted by Crippen LogP contribution is -2.37. The van der Waals surface area contributed by atoms with Crippen LogP contribution >= 0.6 is 23.2 Å². The van der Waals surface area contributed by atoms with Gasteiger partial charge in [-0.1, -0.05) is 23.2 Å². The number of rotatable bonds is 4. The first-order valence-electron chi connectivity index (χ1n) is 7.77. The highest BCUT2D eigenvalue weighted by Crippen LogP contribution is 2.33. The Morgan fingerprint density at radius 2 is 1.79 bits per heavy atom. The smallest absolute Gasteiger partial charge is 0.337 e. The summed E-state index contributed by atoms with van der Waals surface area (Å²) in [5.74, 6) is -1.29. The van der Waals surface area contributed by atoms with Gasteiger partial charge in [-0.15, -0.1) is 0 Å². The highest BCUT2D eigenvalue weighted by atomic mass is 35.5. The summed E-state index contributed by atoms with van der Waals surface area (Å²) in [6.45, 7) is 2.82. The molecule has 0 unspecified atom stereocenters. The second-order valence-corrected chi connectivity index (χ2v) is 8.84. The van der Waals surface area contributed by atoms with E-state index in [0.29, 0.717) is 13.1 Å². The van der Waals surface area contributed by atoms with Crippen molar-refractivity contribution in [1.29, 1.82) is 0 Å². The molecular weight excluding hydrogens is 375 g/mol. The molecule has 0 aliphatic carbocycles. The van der Waals surface area contributed by atoms with E-state index in [2.05, 4.69) is 4.90 Å². The van der Waals surface area contributed by atoms with Crippen LogP contribution in [0.1, 0.15) is 29.6 Å². The van der Waals surface area contributed by atoms with E-state index in [9.17, 15) is 13.2 Å². The van der Waals surface area contributed by atoms with Crippen molar-refractivity contribution in [2.24, 2.45) is 0 Å². The van der Waals surface area contributed by atoms with Crippen LogP contribution in [0.5, 0.6) is 0 Å². The first-order chi connectivity index (χ1) is 11.3. The lowest BCUT2D eigenvalue weighted by atomic mass is 10.2. The van der Waals surface area contributed by atoms with Gasteiger partial charge in [-0.05, 0) is 44.5 Å². The standard InChI is InChI=1S/C15H18Cl2N2O4S/c16-12-8-13(17)14(7-11(12)15(20)21)24(22,23)19-6-3-10(9-19)18-4-1-2-5-18/h7-8,10H,1-6,9H2,(H,20,21)/t10-/m1/s1. The normalized spacial score (nSPS) is 23.0. The lowest BCUT2D eigenvalue weighted by Gasteiger charge is -2.23. The maximum absolute atomic E-state index is 12.9. The molecule has 2 fully saturated rings. The summed E-state index contributed by atoms with van der Waals surface area (Å²) >= 11 is 11.9. The van der Waals surface area contributed by atoms with Crippen LogP contribution in [-0.2, 0) is 10.0 Å². The minimum absolute atomic E-state index is 0.0605. The molecule has 0 spiro atoms. The number of carboxylic acids is 1. The molecule has 0 bridgehead atoms. The molecule has 24 heavy (non-hydrogen) atoms. The lowest BCUT2D eigenvalue weighted by molar-refractivity contribution is 0.0697. The predicted octanol–water partition coefficient (Wildman–Crippen LogP) is 2.55. The predicted molar refractivity (Wildman–Crippen MR) is 91.4 cm³/mol. The Hall–Kier alpha value is -0.860. The highest BCUT2D eigenvalue weighted by molar-refractivity contribution is 7.89. The molecule has 0 amide bonds. The Morgan fingerprint density at radius 1 is 1.12 bits per heavy atom. The van der Waals surface area contributed by atoms with Gasteiger partial charge in [0.2, 0.25) is 10.0 Å². The molecule has 1 aromatic carbocycles.